The molecular formula is C24H28Cl2N2O2. The molecule has 6 heteroatoms. The SMILES string of the molecule is CCN(CC)CCOC(=O)Cc1cn(-c2ccccc2)cc1-c1ccc(Cl)cc1.Cl. The van der Waals surface area contributed by atoms with Crippen LogP contribution in [0.25, 0.3) is 16.8 Å². The van der Waals surface area contributed by atoms with Gasteiger partial charge in [0.25, 0.3) is 0 Å². The minimum absolute atomic E-state index is 0. The lowest BCUT2D eigenvalue weighted by atomic mass is 10.0. The average Bonchev–Trinajstić information content (AvgIpc) is 3.16. The van der Waals surface area contributed by atoms with Gasteiger partial charge < -0.3 is 14.2 Å². The highest BCUT2D eigenvalue weighted by Gasteiger charge is 2.15. The van der Waals surface area contributed by atoms with E-state index in [1.54, 1.807) is 0 Å². The normalized spacial score (nSPS) is 10.7. The number of hydrogen-bond acceptors (Lipinski definition) is 3. The van der Waals surface area contributed by atoms with Crippen LogP contribution in [0.1, 0.15) is 19.4 Å². The molecule has 1 aromatic heterocycles. The van der Waals surface area contributed by atoms with Gasteiger partial charge in [0.1, 0.15) is 6.61 Å². The number of esters is 1. The minimum atomic E-state index is -0.210. The lowest BCUT2D eigenvalue weighted by Crippen LogP contribution is -2.28. The number of aromatic nitrogens is 1. The predicted molar refractivity (Wildman–Crippen MR) is 126 cm³/mol. The molecule has 0 saturated carbocycles. The molecule has 0 N–H and O–H groups in total. The summed E-state index contributed by atoms with van der Waals surface area (Å²) in [5.74, 6) is -0.210. The first-order chi connectivity index (χ1) is 14.1. The smallest absolute Gasteiger partial charge is 0.310 e. The highest BCUT2D eigenvalue weighted by Crippen LogP contribution is 2.28. The summed E-state index contributed by atoms with van der Waals surface area (Å²) >= 11 is 6.05. The van der Waals surface area contributed by atoms with E-state index in [2.05, 4.69) is 24.9 Å². The first kappa shape index (κ1) is 24.0. The summed E-state index contributed by atoms with van der Waals surface area (Å²) in [6, 6.07) is 17.7. The van der Waals surface area contributed by atoms with E-state index in [1.807, 2.05) is 65.4 Å². The Kier molecular flexibility index (Phi) is 9.44. The van der Waals surface area contributed by atoms with E-state index in [0.29, 0.717) is 11.6 Å². The minimum Gasteiger partial charge on any atom is -0.464 e. The van der Waals surface area contributed by atoms with Gasteiger partial charge in [-0.2, -0.15) is 0 Å². The Morgan fingerprint density at radius 3 is 2.30 bits per heavy atom. The maximum atomic E-state index is 12.5. The molecule has 0 unspecified atom stereocenters. The highest BCUT2D eigenvalue weighted by atomic mass is 35.5. The number of rotatable bonds is 9. The molecule has 0 fully saturated rings. The van der Waals surface area contributed by atoms with Crippen LogP contribution in [0.3, 0.4) is 0 Å². The maximum Gasteiger partial charge on any atom is 0.310 e. The lowest BCUT2D eigenvalue weighted by Gasteiger charge is -2.17. The summed E-state index contributed by atoms with van der Waals surface area (Å²) in [6.45, 7) is 7.29. The average molecular weight is 447 g/mol. The van der Waals surface area contributed by atoms with E-state index in [4.69, 9.17) is 16.3 Å². The van der Waals surface area contributed by atoms with Gasteiger partial charge in [-0.25, -0.2) is 0 Å². The molecule has 3 rings (SSSR count). The number of ether oxygens (including phenoxy) is 1. The zero-order chi connectivity index (χ0) is 20.6. The first-order valence-corrected chi connectivity index (χ1v) is 10.4. The van der Waals surface area contributed by atoms with Crippen molar-refractivity contribution in [1.82, 2.24) is 9.47 Å². The predicted octanol–water partition coefficient (Wildman–Crippen LogP) is 5.65. The lowest BCUT2D eigenvalue weighted by molar-refractivity contribution is -0.143. The molecule has 30 heavy (non-hydrogen) atoms. The summed E-state index contributed by atoms with van der Waals surface area (Å²) in [4.78, 5) is 14.7. The molecule has 0 aliphatic rings. The molecule has 0 atom stereocenters. The Labute approximate surface area is 189 Å². The zero-order valence-corrected chi connectivity index (χ0v) is 19.0. The van der Waals surface area contributed by atoms with Crippen molar-refractivity contribution in [1.29, 1.82) is 0 Å². The fraction of sp³-hybridized carbons (Fsp3) is 0.292. The molecule has 0 aliphatic heterocycles. The van der Waals surface area contributed by atoms with Crippen molar-refractivity contribution in [3.05, 3.63) is 77.6 Å². The second-order valence-electron chi connectivity index (χ2n) is 6.87. The second-order valence-corrected chi connectivity index (χ2v) is 7.31. The van der Waals surface area contributed by atoms with Crippen molar-refractivity contribution in [2.45, 2.75) is 20.3 Å². The third-order valence-electron chi connectivity index (χ3n) is 5.02. The monoisotopic (exact) mass is 446 g/mol. The number of likely N-dealkylation sites (N-methyl/N-ethyl adjacent to an activating group) is 1. The van der Waals surface area contributed by atoms with Crippen molar-refractivity contribution in [2.75, 3.05) is 26.2 Å². The molecule has 2 aromatic carbocycles. The summed E-state index contributed by atoms with van der Waals surface area (Å²) < 4.78 is 7.54. The molecule has 160 valence electrons. The number of nitrogens with zero attached hydrogens (tertiary/aromatic N) is 2. The highest BCUT2D eigenvalue weighted by molar-refractivity contribution is 6.30. The van der Waals surface area contributed by atoms with Gasteiger partial charge in [-0.1, -0.05) is 55.8 Å². The third kappa shape index (κ3) is 6.36. The molecule has 0 radical (unpaired) electrons. The van der Waals surface area contributed by atoms with E-state index < -0.39 is 0 Å². The Bertz CT molecular complexity index is 920. The van der Waals surface area contributed by atoms with Crippen LogP contribution >= 0.6 is 24.0 Å². The van der Waals surface area contributed by atoms with Gasteiger partial charge in [0.2, 0.25) is 0 Å². The van der Waals surface area contributed by atoms with Gasteiger partial charge in [0.15, 0.2) is 0 Å². The van der Waals surface area contributed by atoms with Crippen molar-refractivity contribution in [3.63, 3.8) is 0 Å². The molecule has 0 amide bonds. The van der Waals surface area contributed by atoms with E-state index in [0.717, 1.165) is 42.0 Å². The number of para-hydroxylation sites is 1. The third-order valence-corrected chi connectivity index (χ3v) is 5.27. The topological polar surface area (TPSA) is 34.5 Å². The van der Waals surface area contributed by atoms with Gasteiger partial charge in [-0.15, -0.1) is 12.4 Å². The Morgan fingerprint density at radius 1 is 1.00 bits per heavy atom. The maximum absolute atomic E-state index is 12.5. The fourth-order valence-corrected chi connectivity index (χ4v) is 3.44. The van der Waals surface area contributed by atoms with Crippen LogP contribution in [0.2, 0.25) is 5.02 Å². The van der Waals surface area contributed by atoms with E-state index in [9.17, 15) is 4.79 Å². The van der Waals surface area contributed by atoms with Crippen LogP contribution in [0.5, 0.6) is 0 Å². The standard InChI is InChI=1S/C24H27ClN2O2.ClH/c1-3-26(4-2)14-15-29-24(28)16-20-17-27(22-8-6-5-7-9-22)18-23(20)19-10-12-21(25)13-11-19;/h5-13,17-18H,3-4,14-16H2,1-2H3;1H. The molecule has 4 nitrogen and oxygen atoms in total. The van der Waals surface area contributed by atoms with Crippen LogP contribution in [0.4, 0.5) is 0 Å². The molecule has 0 aliphatic carbocycles. The van der Waals surface area contributed by atoms with Crippen molar-refractivity contribution >= 4 is 30.0 Å². The summed E-state index contributed by atoms with van der Waals surface area (Å²) in [6.07, 6.45) is 4.29. The van der Waals surface area contributed by atoms with Gasteiger partial charge in [-0.05, 0) is 48.5 Å². The Balaban J connectivity index is 0.00000320. The number of hydrogen-bond donors (Lipinski definition) is 0. The molecular weight excluding hydrogens is 419 g/mol. The number of carbonyl (C=O) groups excluding carboxylic acids is 1. The van der Waals surface area contributed by atoms with Crippen LogP contribution in [-0.4, -0.2) is 41.7 Å². The van der Waals surface area contributed by atoms with Crippen LogP contribution in [0, 0.1) is 0 Å². The summed E-state index contributed by atoms with van der Waals surface area (Å²) in [7, 11) is 0. The first-order valence-electron chi connectivity index (χ1n) is 10.0. The van der Waals surface area contributed by atoms with E-state index >= 15 is 0 Å². The molecule has 3 aromatic rings. The molecule has 0 bridgehead atoms. The van der Waals surface area contributed by atoms with Crippen molar-refractivity contribution in [2.24, 2.45) is 0 Å². The van der Waals surface area contributed by atoms with Gasteiger partial charge in [0.05, 0.1) is 6.42 Å². The van der Waals surface area contributed by atoms with Crippen LogP contribution in [-0.2, 0) is 16.0 Å². The van der Waals surface area contributed by atoms with E-state index in [-0.39, 0.29) is 24.8 Å². The largest absolute Gasteiger partial charge is 0.464 e. The number of carbonyl (C=O) groups is 1. The fourth-order valence-electron chi connectivity index (χ4n) is 3.31. The summed E-state index contributed by atoms with van der Waals surface area (Å²) in [5, 5.41) is 0.689. The van der Waals surface area contributed by atoms with Gasteiger partial charge in [0, 0.05) is 35.2 Å². The molecule has 0 spiro atoms. The van der Waals surface area contributed by atoms with Crippen molar-refractivity contribution in [3.8, 4) is 16.8 Å². The van der Waals surface area contributed by atoms with Gasteiger partial charge >= 0.3 is 5.97 Å². The molecule has 1 heterocycles. The molecule has 0 saturated heterocycles. The van der Waals surface area contributed by atoms with Crippen molar-refractivity contribution < 1.29 is 9.53 Å². The van der Waals surface area contributed by atoms with Gasteiger partial charge in [-0.3, -0.25) is 4.79 Å². The number of benzene rings is 2. The van der Waals surface area contributed by atoms with Crippen LogP contribution in [0.15, 0.2) is 67.0 Å². The number of halogens is 2. The van der Waals surface area contributed by atoms with Crippen LogP contribution < -0.4 is 0 Å². The second kappa shape index (κ2) is 11.8. The zero-order valence-electron chi connectivity index (χ0n) is 17.4. The Morgan fingerprint density at radius 2 is 1.67 bits per heavy atom. The Hall–Kier alpha value is -2.27. The summed E-state index contributed by atoms with van der Waals surface area (Å²) in [5.41, 5.74) is 4.01. The van der Waals surface area contributed by atoms with E-state index in [1.165, 1.54) is 0 Å². The quantitative estimate of drug-likeness (QED) is 0.398.